The normalized spacial score (nSPS) is 15.5. The highest BCUT2D eigenvalue weighted by atomic mass is 16.5. The van der Waals surface area contributed by atoms with Crippen molar-refractivity contribution in [3.8, 4) is 11.5 Å². The summed E-state index contributed by atoms with van der Waals surface area (Å²) in [6.45, 7) is 0.346. The number of hydrogen-bond donors (Lipinski definition) is 2. The molecule has 0 saturated heterocycles. The molecule has 3 rings (SSSR count). The van der Waals surface area contributed by atoms with E-state index < -0.39 is 0 Å². The summed E-state index contributed by atoms with van der Waals surface area (Å²) in [5.74, 6) is 0.949. The summed E-state index contributed by atoms with van der Waals surface area (Å²) < 4.78 is 10.6. The molecule has 1 aliphatic heterocycles. The second-order valence-corrected chi connectivity index (χ2v) is 6.52. The van der Waals surface area contributed by atoms with Crippen LogP contribution in [0.25, 0.3) is 0 Å². The Hall–Kier alpha value is -3.02. The molecule has 0 aromatic heterocycles. The Balaban J connectivity index is 1.53. The lowest BCUT2D eigenvalue weighted by Crippen LogP contribution is -2.31. The number of fused-ring (bicyclic) bond motifs is 1. The molecule has 1 heterocycles. The van der Waals surface area contributed by atoms with Crippen molar-refractivity contribution < 1.29 is 19.1 Å². The monoisotopic (exact) mass is 368 g/mol. The van der Waals surface area contributed by atoms with Crippen molar-refractivity contribution in [3.63, 3.8) is 0 Å². The summed E-state index contributed by atoms with van der Waals surface area (Å²) in [6.07, 6.45) is 1.48. The zero-order valence-corrected chi connectivity index (χ0v) is 15.6. The van der Waals surface area contributed by atoms with Crippen molar-refractivity contribution >= 4 is 17.5 Å². The second kappa shape index (κ2) is 8.58. The molecular weight excluding hydrogens is 344 g/mol. The summed E-state index contributed by atoms with van der Waals surface area (Å²) in [5, 5.41) is 5.81. The number of rotatable bonds is 7. The van der Waals surface area contributed by atoms with Crippen molar-refractivity contribution in [2.45, 2.75) is 25.8 Å². The lowest BCUT2D eigenvalue weighted by Gasteiger charge is -2.24. The Kier molecular flexibility index (Phi) is 5.96. The Morgan fingerprint density at radius 1 is 1.15 bits per heavy atom. The summed E-state index contributed by atoms with van der Waals surface area (Å²) in [7, 11) is 3.15. The van der Waals surface area contributed by atoms with Crippen molar-refractivity contribution in [2.24, 2.45) is 5.92 Å². The number of carbonyl (C=O) groups excluding carboxylic acids is 2. The van der Waals surface area contributed by atoms with Crippen molar-refractivity contribution in [3.05, 3.63) is 53.6 Å². The van der Waals surface area contributed by atoms with Gasteiger partial charge >= 0.3 is 0 Å². The molecule has 1 atom stereocenters. The third kappa shape index (κ3) is 4.39. The second-order valence-electron chi connectivity index (χ2n) is 6.52. The van der Waals surface area contributed by atoms with E-state index in [1.54, 1.807) is 14.2 Å². The van der Waals surface area contributed by atoms with E-state index in [0.717, 1.165) is 16.8 Å². The SMILES string of the molecule is COc1cccc(CNC(=O)CCC2Cc3ccccc3NC2=O)c1OC. The third-order valence-corrected chi connectivity index (χ3v) is 4.79. The molecule has 0 spiro atoms. The highest BCUT2D eigenvalue weighted by Crippen LogP contribution is 2.30. The highest BCUT2D eigenvalue weighted by molar-refractivity contribution is 5.96. The number of ether oxygens (including phenoxy) is 2. The lowest BCUT2D eigenvalue weighted by atomic mass is 9.89. The Labute approximate surface area is 158 Å². The van der Waals surface area contributed by atoms with E-state index in [1.165, 1.54) is 0 Å². The fourth-order valence-electron chi connectivity index (χ4n) is 3.33. The molecule has 0 bridgehead atoms. The fourth-order valence-corrected chi connectivity index (χ4v) is 3.33. The summed E-state index contributed by atoms with van der Waals surface area (Å²) in [4.78, 5) is 24.5. The Bertz CT molecular complexity index is 835. The molecular formula is C21H24N2O4. The van der Waals surface area contributed by atoms with Crippen LogP contribution >= 0.6 is 0 Å². The largest absolute Gasteiger partial charge is 0.493 e. The topological polar surface area (TPSA) is 76.7 Å². The molecule has 0 radical (unpaired) electrons. The van der Waals surface area contributed by atoms with E-state index >= 15 is 0 Å². The molecule has 0 saturated carbocycles. The van der Waals surface area contributed by atoms with Crippen LogP contribution in [0.1, 0.15) is 24.0 Å². The minimum Gasteiger partial charge on any atom is -0.493 e. The van der Waals surface area contributed by atoms with Crippen LogP contribution in [-0.4, -0.2) is 26.0 Å². The summed E-state index contributed by atoms with van der Waals surface area (Å²) >= 11 is 0. The number of carbonyl (C=O) groups is 2. The van der Waals surface area contributed by atoms with Gasteiger partial charge < -0.3 is 20.1 Å². The van der Waals surface area contributed by atoms with Gasteiger partial charge in [-0.3, -0.25) is 9.59 Å². The maximum absolute atomic E-state index is 12.3. The van der Waals surface area contributed by atoms with Crippen LogP contribution in [0.5, 0.6) is 11.5 Å². The van der Waals surface area contributed by atoms with Gasteiger partial charge in [-0.15, -0.1) is 0 Å². The molecule has 2 amide bonds. The Morgan fingerprint density at radius 2 is 1.96 bits per heavy atom. The molecule has 2 aromatic carbocycles. The van der Waals surface area contributed by atoms with Gasteiger partial charge in [-0.05, 0) is 30.5 Å². The maximum Gasteiger partial charge on any atom is 0.227 e. The molecule has 0 aliphatic carbocycles. The summed E-state index contributed by atoms with van der Waals surface area (Å²) in [5.41, 5.74) is 2.83. The number of hydrogen-bond acceptors (Lipinski definition) is 4. The standard InChI is InChI=1S/C21H24N2O4/c1-26-18-9-5-7-16(20(18)27-2)13-22-19(24)11-10-15-12-14-6-3-4-8-17(14)23-21(15)25/h3-9,15H,10-13H2,1-2H3,(H,22,24)(H,23,25). The zero-order chi connectivity index (χ0) is 19.2. The number of amides is 2. The van der Waals surface area contributed by atoms with Gasteiger partial charge in [0.25, 0.3) is 0 Å². The minimum atomic E-state index is -0.183. The number of para-hydroxylation sites is 2. The van der Waals surface area contributed by atoms with Crippen LogP contribution in [0.2, 0.25) is 0 Å². The zero-order valence-electron chi connectivity index (χ0n) is 15.6. The van der Waals surface area contributed by atoms with Gasteiger partial charge in [0.05, 0.1) is 14.2 Å². The highest BCUT2D eigenvalue weighted by Gasteiger charge is 2.26. The van der Waals surface area contributed by atoms with Gasteiger partial charge in [0.2, 0.25) is 11.8 Å². The van der Waals surface area contributed by atoms with Crippen molar-refractivity contribution in [1.29, 1.82) is 0 Å². The first-order chi connectivity index (χ1) is 13.1. The lowest BCUT2D eigenvalue weighted by molar-refractivity contribution is -0.122. The smallest absolute Gasteiger partial charge is 0.227 e. The first-order valence-corrected chi connectivity index (χ1v) is 8.97. The minimum absolute atomic E-state index is 0.0176. The van der Waals surface area contributed by atoms with Gasteiger partial charge in [-0.2, -0.15) is 0 Å². The predicted molar refractivity (Wildman–Crippen MR) is 103 cm³/mol. The molecule has 2 N–H and O–H groups in total. The quantitative estimate of drug-likeness (QED) is 0.788. The van der Waals surface area contributed by atoms with E-state index in [0.29, 0.717) is 37.3 Å². The predicted octanol–water partition coefficient (Wildman–Crippen LogP) is 2.91. The summed E-state index contributed by atoms with van der Waals surface area (Å²) in [6, 6.07) is 13.3. The third-order valence-electron chi connectivity index (χ3n) is 4.79. The van der Waals surface area contributed by atoms with Crippen molar-refractivity contribution in [1.82, 2.24) is 5.32 Å². The van der Waals surface area contributed by atoms with Crippen LogP contribution in [0.4, 0.5) is 5.69 Å². The number of nitrogens with one attached hydrogen (secondary N) is 2. The first-order valence-electron chi connectivity index (χ1n) is 8.97. The first kappa shape index (κ1) is 18.8. The molecule has 0 fully saturated rings. The maximum atomic E-state index is 12.3. The van der Waals surface area contributed by atoms with Crippen LogP contribution in [0.15, 0.2) is 42.5 Å². The van der Waals surface area contributed by atoms with Gasteiger partial charge in [-0.1, -0.05) is 30.3 Å². The van der Waals surface area contributed by atoms with E-state index in [-0.39, 0.29) is 17.7 Å². The number of methoxy groups -OCH3 is 2. The molecule has 6 heteroatoms. The number of benzene rings is 2. The molecule has 1 aliphatic rings. The van der Waals surface area contributed by atoms with Crippen molar-refractivity contribution in [2.75, 3.05) is 19.5 Å². The Morgan fingerprint density at radius 3 is 2.74 bits per heavy atom. The van der Waals surface area contributed by atoms with Crippen LogP contribution < -0.4 is 20.1 Å². The van der Waals surface area contributed by atoms with Crippen LogP contribution in [-0.2, 0) is 22.6 Å². The van der Waals surface area contributed by atoms with Gasteiger partial charge in [0.1, 0.15) is 0 Å². The average Bonchev–Trinajstić information content (AvgIpc) is 2.70. The van der Waals surface area contributed by atoms with Crippen LogP contribution in [0.3, 0.4) is 0 Å². The molecule has 142 valence electrons. The molecule has 1 unspecified atom stereocenters. The molecule has 2 aromatic rings. The van der Waals surface area contributed by atoms with E-state index in [2.05, 4.69) is 10.6 Å². The van der Waals surface area contributed by atoms with Gasteiger partial charge in [0, 0.05) is 30.1 Å². The van der Waals surface area contributed by atoms with Gasteiger partial charge in [0.15, 0.2) is 11.5 Å². The van der Waals surface area contributed by atoms with Crippen LogP contribution in [0, 0.1) is 5.92 Å². The van der Waals surface area contributed by atoms with E-state index in [9.17, 15) is 9.59 Å². The molecule has 27 heavy (non-hydrogen) atoms. The average molecular weight is 368 g/mol. The molecule has 6 nitrogen and oxygen atoms in total. The van der Waals surface area contributed by atoms with E-state index in [1.807, 2.05) is 42.5 Å². The number of anilines is 1. The van der Waals surface area contributed by atoms with Gasteiger partial charge in [-0.25, -0.2) is 0 Å². The fraction of sp³-hybridized carbons (Fsp3) is 0.333. The van der Waals surface area contributed by atoms with E-state index in [4.69, 9.17) is 9.47 Å².